The molecule has 0 unspecified atom stereocenters. The van der Waals surface area contributed by atoms with Gasteiger partial charge in [-0.05, 0) is 59.3 Å². The molecular weight excluding hydrogens is 569 g/mol. The third kappa shape index (κ3) is 4.34. The molecule has 6 nitrogen and oxygen atoms in total. The molecule has 9 heteroatoms. The van der Waals surface area contributed by atoms with Crippen molar-refractivity contribution in [3.63, 3.8) is 0 Å². The van der Waals surface area contributed by atoms with E-state index >= 15 is 0 Å². The van der Waals surface area contributed by atoms with Gasteiger partial charge in [-0.1, -0.05) is 42.8 Å². The molecule has 0 atom stereocenters. The van der Waals surface area contributed by atoms with E-state index in [2.05, 4.69) is 51.1 Å². The molecule has 1 amide bonds. The first-order chi connectivity index (χ1) is 16.0. The summed E-state index contributed by atoms with van der Waals surface area (Å²) in [6.45, 7) is 2.77. The Morgan fingerprint density at radius 1 is 1.15 bits per heavy atom. The molecule has 166 valence electrons. The quantitative estimate of drug-likeness (QED) is 0.317. The van der Waals surface area contributed by atoms with E-state index in [1.165, 1.54) is 4.88 Å². The SMILES string of the molecule is CCc1cc2c(s1)-n1c(nnc1CNC(=O)c1cccc(I)c1)CN=C2c1ccccc1Cl. The summed E-state index contributed by atoms with van der Waals surface area (Å²) < 4.78 is 3.04. The highest BCUT2D eigenvalue weighted by Gasteiger charge is 2.26. The van der Waals surface area contributed by atoms with Gasteiger partial charge in [0, 0.05) is 30.2 Å². The minimum Gasteiger partial charge on any atom is -0.345 e. The molecule has 3 heterocycles. The fourth-order valence-corrected chi connectivity index (χ4v) is 5.66. The number of thiophene rings is 1. The zero-order valence-corrected chi connectivity index (χ0v) is 21.4. The van der Waals surface area contributed by atoms with Crippen LogP contribution in [0.15, 0.2) is 59.6 Å². The number of benzene rings is 2. The van der Waals surface area contributed by atoms with Gasteiger partial charge in [0.2, 0.25) is 0 Å². The monoisotopic (exact) mass is 587 g/mol. The van der Waals surface area contributed by atoms with Crippen LogP contribution in [0.25, 0.3) is 5.00 Å². The molecule has 33 heavy (non-hydrogen) atoms. The van der Waals surface area contributed by atoms with Crippen LogP contribution in [-0.2, 0) is 19.5 Å². The third-order valence-electron chi connectivity index (χ3n) is 5.37. The first kappa shape index (κ1) is 22.2. The Bertz CT molecular complexity index is 1390. The predicted octanol–water partition coefficient (Wildman–Crippen LogP) is 5.43. The summed E-state index contributed by atoms with van der Waals surface area (Å²) in [5.41, 5.74) is 3.37. The maximum absolute atomic E-state index is 12.7. The number of aryl methyl sites for hydroxylation is 1. The number of rotatable bonds is 5. The van der Waals surface area contributed by atoms with Gasteiger partial charge >= 0.3 is 0 Å². The zero-order valence-electron chi connectivity index (χ0n) is 17.7. The molecule has 0 saturated carbocycles. The topological polar surface area (TPSA) is 72.2 Å². The second-order valence-electron chi connectivity index (χ2n) is 7.49. The summed E-state index contributed by atoms with van der Waals surface area (Å²) in [7, 11) is 0. The van der Waals surface area contributed by atoms with E-state index in [1.807, 2.05) is 47.0 Å². The number of nitrogens with one attached hydrogen (secondary N) is 1. The Morgan fingerprint density at radius 2 is 2.00 bits per heavy atom. The van der Waals surface area contributed by atoms with Crippen LogP contribution in [0.3, 0.4) is 0 Å². The Morgan fingerprint density at radius 3 is 2.79 bits per heavy atom. The van der Waals surface area contributed by atoms with E-state index in [0.717, 1.165) is 37.7 Å². The summed E-state index contributed by atoms with van der Waals surface area (Å²) in [4.78, 5) is 18.8. The second-order valence-corrected chi connectivity index (χ2v) is 10.3. The number of carbonyl (C=O) groups excluding carboxylic acids is 1. The van der Waals surface area contributed by atoms with E-state index in [4.69, 9.17) is 16.6 Å². The van der Waals surface area contributed by atoms with Crippen molar-refractivity contribution in [1.29, 1.82) is 0 Å². The highest BCUT2D eigenvalue weighted by molar-refractivity contribution is 14.1. The number of amides is 1. The van der Waals surface area contributed by atoms with E-state index in [9.17, 15) is 4.79 Å². The van der Waals surface area contributed by atoms with Gasteiger partial charge in [0.1, 0.15) is 11.5 Å². The number of aliphatic imine (C=N–C) groups is 1. The summed E-state index contributed by atoms with van der Waals surface area (Å²) >= 11 is 10.4. The number of halogens is 2. The maximum Gasteiger partial charge on any atom is 0.251 e. The van der Waals surface area contributed by atoms with Gasteiger partial charge in [0.25, 0.3) is 5.91 Å². The summed E-state index contributed by atoms with van der Waals surface area (Å²) in [6.07, 6.45) is 0.906. The molecule has 1 N–H and O–H groups in total. The van der Waals surface area contributed by atoms with Crippen LogP contribution >= 0.6 is 45.5 Å². The van der Waals surface area contributed by atoms with Gasteiger partial charge in [-0.3, -0.25) is 14.4 Å². The van der Waals surface area contributed by atoms with Crippen LogP contribution in [-0.4, -0.2) is 26.4 Å². The lowest BCUT2D eigenvalue weighted by atomic mass is 10.0. The molecule has 0 spiro atoms. The van der Waals surface area contributed by atoms with Gasteiger partial charge in [0.15, 0.2) is 11.6 Å². The van der Waals surface area contributed by atoms with Gasteiger partial charge in [-0.2, -0.15) is 0 Å². The Hall–Kier alpha value is -2.56. The van der Waals surface area contributed by atoms with Crippen molar-refractivity contribution in [2.75, 3.05) is 0 Å². The molecular formula is C24H19ClIN5OS. The van der Waals surface area contributed by atoms with Crippen molar-refractivity contribution in [2.24, 2.45) is 4.99 Å². The summed E-state index contributed by atoms with van der Waals surface area (Å²) in [5.74, 6) is 1.26. The third-order valence-corrected chi connectivity index (χ3v) is 7.63. The van der Waals surface area contributed by atoms with Crippen molar-refractivity contribution in [3.8, 4) is 5.00 Å². The largest absolute Gasteiger partial charge is 0.345 e. The Kier molecular flexibility index (Phi) is 6.31. The lowest BCUT2D eigenvalue weighted by Crippen LogP contribution is -2.24. The highest BCUT2D eigenvalue weighted by atomic mass is 127. The molecule has 2 aromatic carbocycles. The zero-order chi connectivity index (χ0) is 22.9. The van der Waals surface area contributed by atoms with Crippen molar-refractivity contribution >= 4 is 57.1 Å². The normalized spacial score (nSPS) is 12.5. The van der Waals surface area contributed by atoms with Crippen molar-refractivity contribution in [1.82, 2.24) is 20.1 Å². The molecule has 5 rings (SSSR count). The Balaban J connectivity index is 1.51. The van der Waals surface area contributed by atoms with Crippen LogP contribution in [0.4, 0.5) is 0 Å². The molecule has 0 fully saturated rings. The highest BCUT2D eigenvalue weighted by Crippen LogP contribution is 2.34. The molecule has 0 radical (unpaired) electrons. The minimum atomic E-state index is -0.145. The second kappa shape index (κ2) is 9.36. The fourth-order valence-electron chi connectivity index (χ4n) is 3.76. The predicted molar refractivity (Wildman–Crippen MR) is 140 cm³/mol. The number of aromatic nitrogens is 3. The van der Waals surface area contributed by atoms with Gasteiger partial charge in [0.05, 0.1) is 12.3 Å². The van der Waals surface area contributed by atoms with Gasteiger partial charge in [-0.15, -0.1) is 21.5 Å². The Labute approximate surface area is 213 Å². The van der Waals surface area contributed by atoms with Crippen LogP contribution in [0, 0.1) is 3.57 Å². The molecule has 1 aliphatic rings. The van der Waals surface area contributed by atoms with E-state index in [0.29, 0.717) is 23.0 Å². The van der Waals surface area contributed by atoms with Gasteiger partial charge in [-0.25, -0.2) is 0 Å². The molecule has 0 aliphatic carbocycles. The minimum absolute atomic E-state index is 0.145. The van der Waals surface area contributed by atoms with Gasteiger partial charge < -0.3 is 5.32 Å². The number of carbonyl (C=O) groups is 1. The molecule has 1 aliphatic heterocycles. The smallest absolute Gasteiger partial charge is 0.251 e. The molecule has 0 bridgehead atoms. The molecule has 0 saturated heterocycles. The van der Waals surface area contributed by atoms with E-state index < -0.39 is 0 Å². The summed E-state index contributed by atoms with van der Waals surface area (Å²) in [5, 5.41) is 13.4. The average molecular weight is 588 g/mol. The number of fused-ring (bicyclic) bond motifs is 3. The van der Waals surface area contributed by atoms with Crippen molar-refractivity contribution < 1.29 is 4.79 Å². The van der Waals surface area contributed by atoms with Crippen molar-refractivity contribution in [3.05, 3.63) is 96.4 Å². The fraction of sp³-hybridized carbons (Fsp3) is 0.167. The van der Waals surface area contributed by atoms with Crippen LogP contribution in [0.1, 0.15) is 44.9 Å². The van der Waals surface area contributed by atoms with E-state index in [1.54, 1.807) is 17.4 Å². The average Bonchev–Trinajstić information content (AvgIpc) is 3.39. The standard InChI is InChI=1S/C24H19ClIN5OS/c1-2-16-11-18-22(17-8-3-4-9-19(17)25)27-12-20-29-30-21(31(20)24(18)33-16)13-28-23(32)14-6-5-7-15(26)10-14/h3-11H,2,12-13H2,1H3,(H,28,32). The molecule has 2 aromatic heterocycles. The number of hydrogen-bond acceptors (Lipinski definition) is 5. The number of nitrogens with zero attached hydrogens (tertiary/aromatic N) is 4. The van der Waals surface area contributed by atoms with Crippen LogP contribution < -0.4 is 5.32 Å². The van der Waals surface area contributed by atoms with Crippen LogP contribution in [0.2, 0.25) is 5.02 Å². The first-order valence-electron chi connectivity index (χ1n) is 10.4. The van der Waals surface area contributed by atoms with Crippen molar-refractivity contribution in [2.45, 2.75) is 26.4 Å². The lowest BCUT2D eigenvalue weighted by molar-refractivity contribution is 0.0949. The number of hydrogen-bond donors (Lipinski definition) is 1. The first-order valence-corrected chi connectivity index (χ1v) is 12.7. The summed E-state index contributed by atoms with van der Waals surface area (Å²) in [6, 6.07) is 17.4. The molecule has 4 aromatic rings. The van der Waals surface area contributed by atoms with E-state index in [-0.39, 0.29) is 12.5 Å². The van der Waals surface area contributed by atoms with Crippen LogP contribution in [0.5, 0.6) is 0 Å². The lowest BCUT2D eigenvalue weighted by Gasteiger charge is -2.10. The maximum atomic E-state index is 12.7.